The van der Waals surface area contributed by atoms with Gasteiger partial charge in [-0.2, -0.15) is 5.10 Å². The third kappa shape index (κ3) is 2.45. The Labute approximate surface area is 116 Å². The van der Waals surface area contributed by atoms with Gasteiger partial charge >= 0.3 is 0 Å². The number of rotatable bonds is 4. The van der Waals surface area contributed by atoms with Crippen molar-refractivity contribution in [1.82, 2.24) is 15.1 Å². The monoisotopic (exact) mass is 269 g/mol. The molecule has 1 aromatic carbocycles. The molecule has 2 aromatic heterocycles. The molecule has 0 aliphatic carbocycles. The molecule has 0 aliphatic rings. The maximum Gasteiger partial charge on any atom is 0.0749 e. The van der Waals surface area contributed by atoms with E-state index in [2.05, 4.69) is 40.1 Å². The van der Waals surface area contributed by atoms with Gasteiger partial charge in [0.1, 0.15) is 0 Å². The molecule has 96 valence electrons. The normalized spacial score (nSPS) is 10.8. The highest BCUT2D eigenvalue weighted by molar-refractivity contribution is 7.10. The fourth-order valence-electron chi connectivity index (χ4n) is 2.08. The molecule has 0 spiro atoms. The summed E-state index contributed by atoms with van der Waals surface area (Å²) in [7, 11) is 1.97. The number of hydrogen-bond donors (Lipinski definition) is 1. The van der Waals surface area contributed by atoms with E-state index in [4.69, 9.17) is 0 Å². The highest BCUT2D eigenvalue weighted by Gasteiger charge is 2.09. The Hall–Kier alpha value is -1.91. The summed E-state index contributed by atoms with van der Waals surface area (Å²) in [5, 5.41) is 9.78. The Morgan fingerprint density at radius 2 is 2.05 bits per heavy atom. The second kappa shape index (κ2) is 5.38. The number of nitrogens with one attached hydrogen (secondary N) is 1. The van der Waals surface area contributed by atoms with E-state index in [0.29, 0.717) is 0 Å². The molecule has 0 atom stereocenters. The van der Waals surface area contributed by atoms with Crippen LogP contribution in [-0.2, 0) is 6.54 Å². The molecule has 3 aromatic rings. The fraction of sp³-hybridized carbons (Fsp3) is 0.133. The van der Waals surface area contributed by atoms with E-state index >= 15 is 0 Å². The molecule has 0 unspecified atom stereocenters. The standard InChI is InChI=1S/C15H15N3S/c1-16-10-14-9-12(11-19-14)15-7-8-17-18(15)13-5-3-2-4-6-13/h2-9,11,16H,10H2,1H3. The zero-order valence-corrected chi connectivity index (χ0v) is 11.5. The Morgan fingerprint density at radius 3 is 2.84 bits per heavy atom. The van der Waals surface area contributed by atoms with Crippen LogP contribution in [0.5, 0.6) is 0 Å². The second-order valence-electron chi connectivity index (χ2n) is 4.30. The molecule has 0 amide bonds. The molecule has 0 bridgehead atoms. The summed E-state index contributed by atoms with van der Waals surface area (Å²) in [6, 6.07) is 14.5. The van der Waals surface area contributed by atoms with Gasteiger partial charge in [0.25, 0.3) is 0 Å². The Balaban J connectivity index is 1.99. The first-order valence-corrected chi connectivity index (χ1v) is 7.08. The number of aromatic nitrogens is 2. The number of nitrogens with zero attached hydrogens (tertiary/aromatic N) is 2. The van der Waals surface area contributed by atoms with Gasteiger partial charge in [0.2, 0.25) is 0 Å². The van der Waals surface area contributed by atoms with Crippen LogP contribution in [0, 0.1) is 0 Å². The van der Waals surface area contributed by atoms with Gasteiger partial charge in [-0.3, -0.25) is 0 Å². The van der Waals surface area contributed by atoms with Crippen LogP contribution < -0.4 is 5.32 Å². The van der Waals surface area contributed by atoms with Crippen LogP contribution in [-0.4, -0.2) is 16.8 Å². The second-order valence-corrected chi connectivity index (χ2v) is 5.29. The highest BCUT2D eigenvalue weighted by atomic mass is 32.1. The van der Waals surface area contributed by atoms with Crippen molar-refractivity contribution in [3.63, 3.8) is 0 Å². The van der Waals surface area contributed by atoms with Gasteiger partial charge in [-0.25, -0.2) is 4.68 Å². The van der Waals surface area contributed by atoms with E-state index in [-0.39, 0.29) is 0 Å². The maximum absolute atomic E-state index is 4.42. The largest absolute Gasteiger partial charge is 0.315 e. The molecule has 3 rings (SSSR count). The van der Waals surface area contributed by atoms with E-state index in [0.717, 1.165) is 17.9 Å². The van der Waals surface area contributed by atoms with Crippen molar-refractivity contribution < 1.29 is 0 Å². The maximum atomic E-state index is 4.42. The van der Waals surface area contributed by atoms with Crippen molar-refractivity contribution in [2.75, 3.05) is 7.05 Å². The van der Waals surface area contributed by atoms with Gasteiger partial charge < -0.3 is 5.32 Å². The molecule has 0 saturated heterocycles. The van der Waals surface area contributed by atoms with E-state index in [1.165, 1.54) is 10.4 Å². The van der Waals surface area contributed by atoms with Gasteiger partial charge in [0.15, 0.2) is 0 Å². The third-order valence-corrected chi connectivity index (χ3v) is 3.88. The SMILES string of the molecule is CNCc1cc(-c2ccnn2-c2ccccc2)cs1. The number of thiophene rings is 1. The van der Waals surface area contributed by atoms with Crippen molar-refractivity contribution in [2.45, 2.75) is 6.54 Å². The summed E-state index contributed by atoms with van der Waals surface area (Å²) < 4.78 is 1.98. The minimum atomic E-state index is 0.907. The van der Waals surface area contributed by atoms with Crippen LogP contribution in [0.15, 0.2) is 54.0 Å². The summed E-state index contributed by atoms with van der Waals surface area (Å²) in [5.41, 5.74) is 3.44. The Morgan fingerprint density at radius 1 is 1.21 bits per heavy atom. The van der Waals surface area contributed by atoms with Crippen molar-refractivity contribution in [3.8, 4) is 16.9 Å². The van der Waals surface area contributed by atoms with Crippen LogP contribution in [0.1, 0.15) is 4.88 Å². The Kier molecular flexibility index (Phi) is 3.44. The fourth-order valence-corrected chi connectivity index (χ4v) is 2.97. The molecule has 3 nitrogen and oxygen atoms in total. The molecule has 0 radical (unpaired) electrons. The molecule has 0 saturated carbocycles. The smallest absolute Gasteiger partial charge is 0.0749 e. The van der Waals surface area contributed by atoms with Crippen LogP contribution in [0.3, 0.4) is 0 Å². The van der Waals surface area contributed by atoms with Crippen molar-refractivity contribution >= 4 is 11.3 Å². The van der Waals surface area contributed by atoms with Crippen molar-refractivity contribution in [3.05, 3.63) is 58.9 Å². The quantitative estimate of drug-likeness (QED) is 0.787. The third-order valence-electron chi connectivity index (χ3n) is 2.94. The Bertz CT molecular complexity index is 655. The number of para-hydroxylation sites is 1. The molecule has 0 aliphatic heterocycles. The van der Waals surface area contributed by atoms with Crippen LogP contribution in [0.25, 0.3) is 16.9 Å². The first kappa shape index (κ1) is 12.1. The predicted molar refractivity (Wildman–Crippen MR) is 79.6 cm³/mol. The zero-order chi connectivity index (χ0) is 13.1. The highest BCUT2D eigenvalue weighted by Crippen LogP contribution is 2.27. The first-order chi connectivity index (χ1) is 9.38. The molecule has 0 fully saturated rings. The molecule has 4 heteroatoms. The van der Waals surface area contributed by atoms with E-state index in [1.807, 2.05) is 36.1 Å². The predicted octanol–water partition coefficient (Wildman–Crippen LogP) is 3.32. The lowest BCUT2D eigenvalue weighted by Gasteiger charge is -2.05. The van der Waals surface area contributed by atoms with E-state index in [1.54, 1.807) is 11.3 Å². The summed E-state index contributed by atoms with van der Waals surface area (Å²) >= 11 is 1.77. The van der Waals surface area contributed by atoms with Gasteiger partial charge in [-0.15, -0.1) is 11.3 Å². The summed E-state index contributed by atoms with van der Waals surface area (Å²) in [5.74, 6) is 0. The lowest BCUT2D eigenvalue weighted by atomic mass is 10.2. The van der Waals surface area contributed by atoms with E-state index in [9.17, 15) is 0 Å². The average Bonchev–Trinajstić information content (AvgIpc) is 3.08. The topological polar surface area (TPSA) is 29.9 Å². The zero-order valence-electron chi connectivity index (χ0n) is 10.7. The number of benzene rings is 1. The van der Waals surface area contributed by atoms with Crippen molar-refractivity contribution in [2.24, 2.45) is 0 Å². The average molecular weight is 269 g/mol. The molecule has 2 heterocycles. The summed E-state index contributed by atoms with van der Waals surface area (Å²) in [4.78, 5) is 1.33. The molecule has 19 heavy (non-hydrogen) atoms. The van der Waals surface area contributed by atoms with Gasteiger partial charge in [-0.05, 0) is 31.3 Å². The summed E-state index contributed by atoms with van der Waals surface area (Å²) in [6.07, 6.45) is 1.84. The van der Waals surface area contributed by atoms with Gasteiger partial charge in [-0.1, -0.05) is 18.2 Å². The summed E-state index contributed by atoms with van der Waals surface area (Å²) in [6.45, 7) is 0.907. The minimum Gasteiger partial charge on any atom is -0.315 e. The minimum absolute atomic E-state index is 0.907. The molecular weight excluding hydrogens is 254 g/mol. The molecule has 1 N–H and O–H groups in total. The van der Waals surface area contributed by atoms with Crippen LogP contribution in [0.2, 0.25) is 0 Å². The van der Waals surface area contributed by atoms with Crippen molar-refractivity contribution in [1.29, 1.82) is 0 Å². The van der Waals surface area contributed by atoms with Crippen LogP contribution in [0.4, 0.5) is 0 Å². The van der Waals surface area contributed by atoms with Crippen LogP contribution >= 0.6 is 11.3 Å². The molecular formula is C15H15N3S. The van der Waals surface area contributed by atoms with E-state index < -0.39 is 0 Å². The van der Waals surface area contributed by atoms with Gasteiger partial charge in [0.05, 0.1) is 17.6 Å². The number of hydrogen-bond acceptors (Lipinski definition) is 3. The first-order valence-electron chi connectivity index (χ1n) is 6.20. The lowest BCUT2D eigenvalue weighted by molar-refractivity contribution is 0.831. The lowest BCUT2D eigenvalue weighted by Crippen LogP contribution is -2.02. The van der Waals surface area contributed by atoms with Gasteiger partial charge in [0, 0.05) is 22.4 Å².